The van der Waals surface area contributed by atoms with Crippen LogP contribution < -0.4 is 11.1 Å². The number of hydrogen-bond acceptors (Lipinski definition) is 5. The molecule has 0 saturated carbocycles. The van der Waals surface area contributed by atoms with Gasteiger partial charge in [0.1, 0.15) is 17.4 Å². The molecule has 4 aromatic rings. The van der Waals surface area contributed by atoms with Crippen LogP contribution in [0.25, 0.3) is 11.0 Å². The fraction of sp³-hybridized carbons (Fsp3) is 0.136. The Morgan fingerprint density at radius 2 is 2.00 bits per heavy atom. The second kappa shape index (κ2) is 8.02. The average molecular weight is 372 g/mol. The highest BCUT2D eigenvalue weighted by atomic mass is 16.3. The summed E-state index contributed by atoms with van der Waals surface area (Å²) >= 11 is 0. The number of fused-ring (bicyclic) bond motifs is 1. The van der Waals surface area contributed by atoms with E-state index in [2.05, 4.69) is 15.3 Å². The van der Waals surface area contributed by atoms with Crippen molar-refractivity contribution in [1.82, 2.24) is 15.3 Å². The van der Waals surface area contributed by atoms with E-state index in [9.17, 15) is 4.79 Å². The van der Waals surface area contributed by atoms with Crippen LogP contribution in [0.2, 0.25) is 0 Å². The molecule has 28 heavy (non-hydrogen) atoms. The van der Waals surface area contributed by atoms with Crippen molar-refractivity contribution >= 4 is 16.9 Å². The molecule has 1 amide bonds. The highest BCUT2D eigenvalue weighted by molar-refractivity contribution is 5.80. The summed E-state index contributed by atoms with van der Waals surface area (Å²) < 4.78 is 5.99. The van der Waals surface area contributed by atoms with Gasteiger partial charge in [-0.15, -0.1) is 0 Å². The number of carbonyl (C=O) groups excluding carboxylic acids is 1. The van der Waals surface area contributed by atoms with Crippen molar-refractivity contribution < 1.29 is 9.21 Å². The quantitative estimate of drug-likeness (QED) is 0.542. The van der Waals surface area contributed by atoms with Crippen LogP contribution in [0.1, 0.15) is 28.6 Å². The van der Waals surface area contributed by atoms with Crippen LogP contribution in [0.3, 0.4) is 0 Å². The van der Waals surface area contributed by atoms with Gasteiger partial charge in [-0.3, -0.25) is 14.8 Å². The molecule has 0 aliphatic carbocycles. The number of amides is 1. The first-order chi connectivity index (χ1) is 13.7. The van der Waals surface area contributed by atoms with Gasteiger partial charge in [0.15, 0.2) is 0 Å². The number of carbonyl (C=O) groups is 1. The van der Waals surface area contributed by atoms with Gasteiger partial charge in [0.25, 0.3) is 0 Å². The standard InChI is InChI=1S/C22H20N4O2/c23-12-15-7-8-18(25-13-15)11-21(27)26-22(17-5-3-9-24-14-17)20-10-16-4-1-2-6-19(16)28-20/h1-10,13-14,22H,11-12,23H2,(H,26,27). The molecule has 3 aromatic heterocycles. The third-order valence-electron chi connectivity index (χ3n) is 4.52. The Morgan fingerprint density at radius 3 is 2.71 bits per heavy atom. The number of para-hydroxylation sites is 1. The lowest BCUT2D eigenvalue weighted by atomic mass is 10.1. The third kappa shape index (κ3) is 3.92. The van der Waals surface area contributed by atoms with Gasteiger partial charge in [0.05, 0.1) is 6.42 Å². The fourth-order valence-electron chi connectivity index (χ4n) is 3.07. The number of hydrogen-bond donors (Lipinski definition) is 2. The molecule has 0 bridgehead atoms. The summed E-state index contributed by atoms with van der Waals surface area (Å²) in [7, 11) is 0. The van der Waals surface area contributed by atoms with Crippen molar-refractivity contribution in [1.29, 1.82) is 0 Å². The molecule has 140 valence electrons. The number of pyridine rings is 2. The lowest BCUT2D eigenvalue weighted by Gasteiger charge is -2.16. The topological polar surface area (TPSA) is 94.0 Å². The molecule has 0 radical (unpaired) electrons. The van der Waals surface area contributed by atoms with E-state index < -0.39 is 6.04 Å². The van der Waals surface area contributed by atoms with E-state index in [4.69, 9.17) is 10.2 Å². The van der Waals surface area contributed by atoms with Crippen molar-refractivity contribution in [2.24, 2.45) is 5.73 Å². The van der Waals surface area contributed by atoms with Gasteiger partial charge < -0.3 is 15.5 Å². The monoisotopic (exact) mass is 372 g/mol. The smallest absolute Gasteiger partial charge is 0.226 e. The first-order valence-corrected chi connectivity index (χ1v) is 9.04. The summed E-state index contributed by atoms with van der Waals surface area (Å²) in [6.45, 7) is 0.425. The largest absolute Gasteiger partial charge is 0.459 e. The third-order valence-corrected chi connectivity index (χ3v) is 4.52. The number of nitrogens with zero attached hydrogens (tertiary/aromatic N) is 2. The Kier molecular flexibility index (Phi) is 5.12. The van der Waals surface area contributed by atoms with E-state index in [1.807, 2.05) is 54.6 Å². The van der Waals surface area contributed by atoms with Crippen LogP contribution >= 0.6 is 0 Å². The number of aromatic nitrogens is 2. The zero-order valence-electron chi connectivity index (χ0n) is 15.2. The van der Waals surface area contributed by atoms with Crippen LogP contribution in [0, 0.1) is 0 Å². The Bertz CT molecular complexity index is 1040. The molecule has 1 unspecified atom stereocenters. The van der Waals surface area contributed by atoms with E-state index >= 15 is 0 Å². The predicted octanol–water partition coefficient (Wildman–Crippen LogP) is 3.13. The Hall–Kier alpha value is -3.51. The van der Waals surface area contributed by atoms with E-state index in [1.165, 1.54) is 0 Å². The predicted molar refractivity (Wildman–Crippen MR) is 106 cm³/mol. The summed E-state index contributed by atoms with van der Waals surface area (Å²) in [6.07, 6.45) is 5.29. The Labute approximate surface area is 162 Å². The number of rotatable bonds is 6. The highest BCUT2D eigenvalue weighted by Crippen LogP contribution is 2.28. The molecule has 0 fully saturated rings. The number of nitrogens with one attached hydrogen (secondary N) is 1. The lowest BCUT2D eigenvalue weighted by molar-refractivity contribution is -0.121. The molecule has 1 aromatic carbocycles. The molecule has 1 atom stereocenters. The van der Waals surface area contributed by atoms with Crippen LogP contribution in [0.4, 0.5) is 0 Å². The lowest BCUT2D eigenvalue weighted by Crippen LogP contribution is -2.30. The van der Waals surface area contributed by atoms with Crippen molar-refractivity contribution in [3.63, 3.8) is 0 Å². The minimum atomic E-state index is -0.433. The van der Waals surface area contributed by atoms with E-state index in [1.54, 1.807) is 18.6 Å². The van der Waals surface area contributed by atoms with Crippen molar-refractivity contribution in [3.05, 3.63) is 95.8 Å². The number of benzene rings is 1. The number of furan rings is 1. The van der Waals surface area contributed by atoms with Crippen LogP contribution in [0.15, 0.2) is 77.6 Å². The maximum Gasteiger partial charge on any atom is 0.226 e. The van der Waals surface area contributed by atoms with Gasteiger partial charge in [-0.1, -0.05) is 30.3 Å². The van der Waals surface area contributed by atoms with Gasteiger partial charge in [0.2, 0.25) is 5.91 Å². The van der Waals surface area contributed by atoms with E-state index in [0.717, 1.165) is 22.1 Å². The fourth-order valence-corrected chi connectivity index (χ4v) is 3.07. The van der Waals surface area contributed by atoms with Gasteiger partial charge >= 0.3 is 0 Å². The van der Waals surface area contributed by atoms with Crippen molar-refractivity contribution in [3.8, 4) is 0 Å². The summed E-state index contributed by atoms with van der Waals surface area (Å²) in [5, 5.41) is 4.04. The normalized spacial score (nSPS) is 12.0. The van der Waals surface area contributed by atoms with Gasteiger partial charge in [-0.2, -0.15) is 0 Å². The first-order valence-electron chi connectivity index (χ1n) is 9.04. The summed E-state index contributed by atoms with van der Waals surface area (Å²) in [4.78, 5) is 21.2. The maximum absolute atomic E-state index is 12.7. The summed E-state index contributed by atoms with van der Waals surface area (Å²) in [5.41, 5.74) is 8.83. The summed E-state index contributed by atoms with van der Waals surface area (Å²) in [5.74, 6) is 0.510. The molecule has 0 aliphatic rings. The summed E-state index contributed by atoms with van der Waals surface area (Å²) in [6, 6.07) is 16.7. The molecular formula is C22H20N4O2. The second-order valence-corrected chi connectivity index (χ2v) is 6.51. The van der Waals surface area contributed by atoms with Crippen LogP contribution in [-0.2, 0) is 17.8 Å². The molecule has 0 spiro atoms. The Balaban J connectivity index is 1.59. The van der Waals surface area contributed by atoms with Crippen molar-refractivity contribution in [2.45, 2.75) is 19.0 Å². The molecule has 3 heterocycles. The Morgan fingerprint density at radius 1 is 1.11 bits per heavy atom. The SMILES string of the molecule is NCc1ccc(CC(=O)NC(c2cccnc2)c2cc3ccccc3o2)nc1. The average Bonchev–Trinajstić information content (AvgIpc) is 3.17. The molecule has 3 N–H and O–H groups in total. The van der Waals surface area contributed by atoms with Crippen molar-refractivity contribution in [2.75, 3.05) is 0 Å². The minimum Gasteiger partial charge on any atom is -0.459 e. The van der Waals surface area contributed by atoms with Gasteiger partial charge in [0, 0.05) is 41.8 Å². The van der Waals surface area contributed by atoms with Gasteiger partial charge in [-0.05, 0) is 29.8 Å². The minimum absolute atomic E-state index is 0.151. The van der Waals surface area contributed by atoms with Crippen LogP contribution in [-0.4, -0.2) is 15.9 Å². The zero-order valence-corrected chi connectivity index (χ0v) is 15.2. The highest BCUT2D eigenvalue weighted by Gasteiger charge is 2.21. The second-order valence-electron chi connectivity index (χ2n) is 6.51. The molecule has 6 nitrogen and oxygen atoms in total. The molecular weight excluding hydrogens is 352 g/mol. The van der Waals surface area contributed by atoms with E-state index in [0.29, 0.717) is 18.0 Å². The van der Waals surface area contributed by atoms with Gasteiger partial charge in [-0.25, -0.2) is 0 Å². The molecule has 6 heteroatoms. The molecule has 0 saturated heterocycles. The maximum atomic E-state index is 12.7. The zero-order chi connectivity index (χ0) is 19.3. The first kappa shape index (κ1) is 17.9. The molecule has 0 aliphatic heterocycles. The van der Waals surface area contributed by atoms with E-state index in [-0.39, 0.29) is 12.3 Å². The van der Waals surface area contributed by atoms with Crippen LogP contribution in [0.5, 0.6) is 0 Å². The molecule has 4 rings (SSSR count). The number of nitrogens with two attached hydrogens (primary N) is 1.